The van der Waals surface area contributed by atoms with Gasteiger partial charge < -0.3 is 0 Å². The molecule has 1 N–H and O–H groups in total. The molecule has 0 radical (unpaired) electrons. The van der Waals surface area contributed by atoms with E-state index in [9.17, 15) is 0 Å². The standard InChI is InChI=1S/C8H17N3S/c1-7(5-6-12-4)10-11(3)8(2)9/h9H,5-6H2,1-4H3/b9-8?,10-7+. The summed E-state index contributed by atoms with van der Waals surface area (Å²) in [5, 5.41) is 13.1. The Bertz CT molecular complexity index is 177. The molecule has 4 heteroatoms. The molecule has 0 saturated heterocycles. The third-order valence-corrected chi connectivity index (χ3v) is 2.09. The number of hydrogen-bond acceptors (Lipinski definition) is 3. The van der Waals surface area contributed by atoms with Gasteiger partial charge in [0.05, 0.1) is 0 Å². The van der Waals surface area contributed by atoms with Crippen LogP contribution in [0.25, 0.3) is 0 Å². The van der Waals surface area contributed by atoms with Crippen LogP contribution in [0.15, 0.2) is 5.10 Å². The van der Waals surface area contributed by atoms with Crippen LogP contribution in [-0.2, 0) is 0 Å². The highest BCUT2D eigenvalue weighted by Gasteiger charge is 1.96. The minimum Gasteiger partial charge on any atom is -0.287 e. The van der Waals surface area contributed by atoms with Gasteiger partial charge in [-0.05, 0) is 32.3 Å². The Morgan fingerprint density at radius 2 is 2.08 bits per heavy atom. The zero-order valence-corrected chi connectivity index (χ0v) is 9.03. The second kappa shape index (κ2) is 6.06. The van der Waals surface area contributed by atoms with E-state index in [2.05, 4.69) is 11.4 Å². The van der Waals surface area contributed by atoms with Crippen LogP contribution in [0.5, 0.6) is 0 Å². The second-order valence-corrected chi connectivity index (χ2v) is 3.67. The number of rotatable bonds is 4. The van der Waals surface area contributed by atoms with Gasteiger partial charge in [-0.15, -0.1) is 0 Å². The Morgan fingerprint density at radius 3 is 2.50 bits per heavy atom. The number of nitrogens with zero attached hydrogens (tertiary/aromatic N) is 2. The molecular weight excluding hydrogens is 170 g/mol. The van der Waals surface area contributed by atoms with E-state index >= 15 is 0 Å². The normalized spacial score (nSPS) is 11.5. The molecule has 0 saturated carbocycles. The molecule has 0 rings (SSSR count). The van der Waals surface area contributed by atoms with E-state index in [1.165, 1.54) is 0 Å². The van der Waals surface area contributed by atoms with E-state index in [-0.39, 0.29) is 0 Å². The van der Waals surface area contributed by atoms with E-state index in [0.29, 0.717) is 5.84 Å². The number of hydrogen-bond donors (Lipinski definition) is 1. The largest absolute Gasteiger partial charge is 0.287 e. The van der Waals surface area contributed by atoms with Crippen LogP contribution in [0.4, 0.5) is 0 Å². The van der Waals surface area contributed by atoms with Gasteiger partial charge in [-0.3, -0.25) is 10.4 Å². The van der Waals surface area contributed by atoms with Crippen molar-refractivity contribution in [2.24, 2.45) is 5.10 Å². The topological polar surface area (TPSA) is 39.5 Å². The van der Waals surface area contributed by atoms with E-state index in [1.807, 2.05) is 18.7 Å². The predicted octanol–water partition coefficient (Wildman–Crippen LogP) is 2.04. The molecule has 0 aliphatic carbocycles. The molecule has 0 unspecified atom stereocenters. The van der Waals surface area contributed by atoms with Gasteiger partial charge in [-0.25, -0.2) is 0 Å². The van der Waals surface area contributed by atoms with Crippen LogP contribution < -0.4 is 0 Å². The van der Waals surface area contributed by atoms with Crippen molar-refractivity contribution in [1.29, 1.82) is 5.41 Å². The Kier molecular flexibility index (Phi) is 5.80. The first-order chi connectivity index (χ1) is 5.57. The smallest absolute Gasteiger partial charge is 0.113 e. The van der Waals surface area contributed by atoms with Gasteiger partial charge in [-0.2, -0.15) is 16.9 Å². The molecule has 3 nitrogen and oxygen atoms in total. The van der Waals surface area contributed by atoms with Crippen LogP contribution in [0.2, 0.25) is 0 Å². The van der Waals surface area contributed by atoms with Gasteiger partial charge in [0, 0.05) is 12.8 Å². The second-order valence-electron chi connectivity index (χ2n) is 2.69. The van der Waals surface area contributed by atoms with Crippen molar-refractivity contribution < 1.29 is 0 Å². The van der Waals surface area contributed by atoms with Gasteiger partial charge in [0.25, 0.3) is 0 Å². The zero-order valence-electron chi connectivity index (χ0n) is 8.22. The highest BCUT2D eigenvalue weighted by molar-refractivity contribution is 7.98. The van der Waals surface area contributed by atoms with Gasteiger partial charge in [0.1, 0.15) is 5.84 Å². The van der Waals surface area contributed by atoms with Crippen LogP contribution in [0.3, 0.4) is 0 Å². The molecule has 0 aromatic carbocycles. The van der Waals surface area contributed by atoms with E-state index < -0.39 is 0 Å². The maximum atomic E-state index is 7.28. The fourth-order valence-corrected chi connectivity index (χ4v) is 1.13. The summed E-state index contributed by atoms with van der Waals surface area (Å²) in [7, 11) is 1.80. The molecule has 12 heavy (non-hydrogen) atoms. The fourth-order valence-electron chi connectivity index (χ4n) is 0.631. The summed E-state index contributed by atoms with van der Waals surface area (Å²) < 4.78 is 0. The predicted molar refractivity (Wildman–Crippen MR) is 57.3 cm³/mol. The molecule has 0 amide bonds. The Morgan fingerprint density at radius 1 is 1.50 bits per heavy atom. The highest BCUT2D eigenvalue weighted by Crippen LogP contribution is 1.98. The third kappa shape index (κ3) is 5.18. The molecule has 0 aliphatic heterocycles. The summed E-state index contributed by atoms with van der Waals surface area (Å²) in [6.07, 6.45) is 3.08. The number of amidine groups is 1. The summed E-state index contributed by atoms with van der Waals surface area (Å²) in [6.45, 7) is 3.72. The quantitative estimate of drug-likeness (QED) is 0.415. The van der Waals surface area contributed by atoms with Crippen LogP contribution in [0.1, 0.15) is 20.3 Å². The summed E-state index contributed by atoms with van der Waals surface area (Å²) in [6, 6.07) is 0. The number of nitrogens with one attached hydrogen (secondary N) is 1. The van der Waals surface area contributed by atoms with Crippen LogP contribution in [0, 0.1) is 5.41 Å². The molecule has 0 atom stereocenters. The Balaban J connectivity index is 3.89. The van der Waals surface area contributed by atoms with Crippen molar-refractivity contribution in [1.82, 2.24) is 5.01 Å². The first-order valence-corrected chi connectivity index (χ1v) is 5.29. The van der Waals surface area contributed by atoms with E-state index in [0.717, 1.165) is 17.9 Å². The molecule has 0 spiro atoms. The lowest BCUT2D eigenvalue weighted by molar-refractivity contribution is 0.534. The molecule has 0 aliphatic rings. The molecule has 70 valence electrons. The fraction of sp³-hybridized carbons (Fsp3) is 0.750. The first kappa shape index (κ1) is 11.5. The number of hydrazone groups is 1. The lowest BCUT2D eigenvalue weighted by Crippen LogP contribution is -2.18. The molecule has 0 aromatic rings. The van der Waals surface area contributed by atoms with Gasteiger partial charge in [0.2, 0.25) is 0 Å². The molecule has 0 fully saturated rings. The maximum absolute atomic E-state index is 7.28. The van der Waals surface area contributed by atoms with Crippen molar-refractivity contribution in [3.05, 3.63) is 0 Å². The molecule has 0 aromatic heterocycles. The van der Waals surface area contributed by atoms with Gasteiger partial charge in [0.15, 0.2) is 0 Å². The monoisotopic (exact) mass is 187 g/mol. The van der Waals surface area contributed by atoms with Crippen molar-refractivity contribution in [3.8, 4) is 0 Å². The third-order valence-electron chi connectivity index (χ3n) is 1.47. The SMILES string of the molecule is CSCC/C(C)=N/N(C)C(C)=N. The van der Waals surface area contributed by atoms with E-state index in [4.69, 9.17) is 5.41 Å². The first-order valence-electron chi connectivity index (χ1n) is 3.89. The highest BCUT2D eigenvalue weighted by atomic mass is 32.2. The average molecular weight is 187 g/mol. The lowest BCUT2D eigenvalue weighted by atomic mass is 10.3. The Hall–Kier alpha value is -0.510. The van der Waals surface area contributed by atoms with Gasteiger partial charge >= 0.3 is 0 Å². The summed E-state index contributed by atoms with van der Waals surface area (Å²) >= 11 is 1.81. The Labute approximate surface area is 78.7 Å². The minimum absolute atomic E-state index is 0.471. The summed E-state index contributed by atoms with van der Waals surface area (Å²) in [5.41, 5.74) is 1.08. The maximum Gasteiger partial charge on any atom is 0.113 e. The lowest BCUT2D eigenvalue weighted by Gasteiger charge is -2.11. The van der Waals surface area contributed by atoms with Crippen molar-refractivity contribution in [2.75, 3.05) is 19.1 Å². The van der Waals surface area contributed by atoms with Crippen molar-refractivity contribution in [3.63, 3.8) is 0 Å². The molecule has 0 bridgehead atoms. The number of thioether (sulfide) groups is 1. The van der Waals surface area contributed by atoms with Crippen LogP contribution in [-0.4, -0.2) is 35.6 Å². The zero-order chi connectivity index (χ0) is 9.56. The summed E-state index contributed by atoms with van der Waals surface area (Å²) in [4.78, 5) is 0. The van der Waals surface area contributed by atoms with E-state index in [1.54, 1.807) is 19.0 Å². The van der Waals surface area contributed by atoms with Crippen molar-refractivity contribution in [2.45, 2.75) is 20.3 Å². The van der Waals surface area contributed by atoms with Crippen molar-refractivity contribution >= 4 is 23.3 Å². The van der Waals surface area contributed by atoms with Gasteiger partial charge in [-0.1, -0.05) is 0 Å². The molecule has 0 heterocycles. The van der Waals surface area contributed by atoms with Crippen LogP contribution >= 0.6 is 11.8 Å². The average Bonchev–Trinajstić information content (AvgIpc) is 2.00. The minimum atomic E-state index is 0.471. The molecular formula is C8H17N3S. The summed E-state index contributed by atoms with van der Waals surface area (Å²) in [5.74, 6) is 1.57.